The third-order valence-electron chi connectivity index (χ3n) is 2.48. The van der Waals surface area contributed by atoms with Gasteiger partial charge < -0.3 is 5.32 Å². The molecule has 0 saturated heterocycles. The maximum Gasteiger partial charge on any atom is 0.289 e. The molecule has 0 aliphatic heterocycles. The van der Waals surface area contributed by atoms with Gasteiger partial charge in [0, 0.05) is 37.2 Å². The van der Waals surface area contributed by atoms with E-state index in [1.54, 1.807) is 13.0 Å². The molecule has 0 atom stereocenters. The second-order valence-electron chi connectivity index (χ2n) is 3.90. The molecule has 7 heteroatoms. The first kappa shape index (κ1) is 12.9. The van der Waals surface area contributed by atoms with E-state index >= 15 is 0 Å². The summed E-state index contributed by atoms with van der Waals surface area (Å²) < 4.78 is 1.45. The monoisotopic (exact) mass is 259 g/mol. The highest BCUT2D eigenvalue weighted by Crippen LogP contribution is 1.88. The minimum atomic E-state index is -0.366. The van der Waals surface area contributed by atoms with Gasteiger partial charge in [-0.3, -0.25) is 14.2 Å². The molecule has 1 amide bonds. The summed E-state index contributed by atoms with van der Waals surface area (Å²) in [4.78, 5) is 34.9. The first-order chi connectivity index (χ1) is 9.18. The SMILES string of the molecule is Cc1cncn(CCNC(=O)c2ncccn2)c1=O. The molecule has 2 heterocycles. The Morgan fingerprint density at radius 3 is 2.84 bits per heavy atom. The number of carbonyl (C=O) groups is 1. The fourth-order valence-electron chi connectivity index (χ4n) is 1.50. The molecule has 0 radical (unpaired) electrons. The Hall–Kier alpha value is -2.57. The predicted molar refractivity (Wildman–Crippen MR) is 67.6 cm³/mol. The van der Waals surface area contributed by atoms with Gasteiger partial charge in [0.1, 0.15) is 0 Å². The van der Waals surface area contributed by atoms with Gasteiger partial charge in [0.25, 0.3) is 11.5 Å². The Morgan fingerprint density at radius 2 is 2.11 bits per heavy atom. The van der Waals surface area contributed by atoms with E-state index in [1.807, 2.05) is 0 Å². The van der Waals surface area contributed by atoms with Gasteiger partial charge in [-0.05, 0) is 13.0 Å². The van der Waals surface area contributed by atoms with Crippen LogP contribution in [0.5, 0.6) is 0 Å². The molecule has 2 aromatic heterocycles. The minimum Gasteiger partial charge on any atom is -0.348 e. The summed E-state index contributed by atoms with van der Waals surface area (Å²) in [5, 5.41) is 2.64. The zero-order valence-electron chi connectivity index (χ0n) is 10.4. The topological polar surface area (TPSA) is 89.8 Å². The van der Waals surface area contributed by atoms with Crippen molar-refractivity contribution in [3.63, 3.8) is 0 Å². The number of carbonyl (C=O) groups excluding carboxylic acids is 1. The van der Waals surface area contributed by atoms with E-state index in [0.717, 1.165) is 0 Å². The van der Waals surface area contributed by atoms with Gasteiger partial charge in [-0.2, -0.15) is 0 Å². The van der Waals surface area contributed by atoms with Gasteiger partial charge in [0.2, 0.25) is 5.82 Å². The van der Waals surface area contributed by atoms with Crippen LogP contribution >= 0.6 is 0 Å². The van der Waals surface area contributed by atoms with Crippen molar-refractivity contribution in [3.8, 4) is 0 Å². The number of amides is 1. The molecule has 2 rings (SSSR count). The van der Waals surface area contributed by atoms with Gasteiger partial charge in [0.05, 0.1) is 6.33 Å². The number of nitrogens with zero attached hydrogens (tertiary/aromatic N) is 4. The van der Waals surface area contributed by atoms with Crippen LogP contribution in [0.4, 0.5) is 0 Å². The molecule has 7 nitrogen and oxygen atoms in total. The number of hydrogen-bond donors (Lipinski definition) is 1. The maximum atomic E-state index is 11.7. The van der Waals surface area contributed by atoms with Gasteiger partial charge in [-0.25, -0.2) is 15.0 Å². The molecule has 0 spiro atoms. The summed E-state index contributed by atoms with van der Waals surface area (Å²) in [7, 11) is 0. The standard InChI is InChI=1S/C12H13N5O2/c1-9-7-13-8-17(12(9)19)6-5-16-11(18)10-14-3-2-4-15-10/h2-4,7-8H,5-6H2,1H3,(H,16,18). The Balaban J connectivity index is 1.92. The Kier molecular flexibility index (Phi) is 3.97. The fourth-order valence-corrected chi connectivity index (χ4v) is 1.50. The summed E-state index contributed by atoms with van der Waals surface area (Å²) in [5.41, 5.74) is 0.459. The number of hydrogen-bond acceptors (Lipinski definition) is 5. The molecule has 0 bridgehead atoms. The molecule has 98 valence electrons. The zero-order valence-corrected chi connectivity index (χ0v) is 10.4. The van der Waals surface area contributed by atoms with Crippen LogP contribution in [-0.4, -0.2) is 32.0 Å². The minimum absolute atomic E-state index is 0.109. The average Bonchev–Trinajstić information content (AvgIpc) is 2.44. The van der Waals surface area contributed by atoms with Crippen LogP contribution in [0.3, 0.4) is 0 Å². The van der Waals surface area contributed by atoms with Gasteiger partial charge in [-0.15, -0.1) is 0 Å². The van der Waals surface area contributed by atoms with Crippen molar-refractivity contribution in [2.75, 3.05) is 6.54 Å². The van der Waals surface area contributed by atoms with Crippen molar-refractivity contribution in [1.29, 1.82) is 0 Å². The van der Waals surface area contributed by atoms with E-state index in [2.05, 4.69) is 20.3 Å². The van der Waals surface area contributed by atoms with E-state index in [4.69, 9.17) is 0 Å². The second-order valence-corrected chi connectivity index (χ2v) is 3.90. The van der Waals surface area contributed by atoms with Crippen LogP contribution in [0.15, 0.2) is 35.8 Å². The number of aromatic nitrogens is 4. The fraction of sp³-hybridized carbons (Fsp3) is 0.250. The molecule has 19 heavy (non-hydrogen) atoms. The number of nitrogens with one attached hydrogen (secondary N) is 1. The summed E-state index contributed by atoms with van der Waals surface area (Å²) >= 11 is 0. The van der Waals surface area contributed by atoms with E-state index in [0.29, 0.717) is 18.7 Å². The highest BCUT2D eigenvalue weighted by atomic mass is 16.2. The molecule has 2 aromatic rings. The molecule has 0 aliphatic carbocycles. The van der Waals surface area contributed by atoms with Crippen LogP contribution in [0, 0.1) is 6.92 Å². The molecule has 0 saturated carbocycles. The van der Waals surface area contributed by atoms with Crippen molar-refractivity contribution < 1.29 is 4.79 Å². The van der Waals surface area contributed by atoms with Crippen molar-refractivity contribution in [3.05, 3.63) is 52.7 Å². The molecule has 0 aromatic carbocycles. The number of rotatable bonds is 4. The average molecular weight is 259 g/mol. The molecule has 1 N–H and O–H groups in total. The highest BCUT2D eigenvalue weighted by molar-refractivity contribution is 5.90. The lowest BCUT2D eigenvalue weighted by molar-refractivity contribution is 0.0941. The van der Waals surface area contributed by atoms with Crippen LogP contribution in [0.25, 0.3) is 0 Å². The number of aryl methyl sites for hydroxylation is 1. The van der Waals surface area contributed by atoms with Crippen molar-refractivity contribution in [2.45, 2.75) is 13.5 Å². The quantitative estimate of drug-likeness (QED) is 0.819. The lowest BCUT2D eigenvalue weighted by Crippen LogP contribution is -2.32. The summed E-state index contributed by atoms with van der Waals surface area (Å²) in [6.45, 7) is 2.36. The summed E-state index contributed by atoms with van der Waals surface area (Å²) in [6, 6.07) is 1.63. The van der Waals surface area contributed by atoms with Gasteiger partial charge in [-0.1, -0.05) is 0 Å². The Bertz CT molecular complexity index is 624. The zero-order chi connectivity index (χ0) is 13.7. The predicted octanol–water partition coefficient (Wildman–Crippen LogP) is -0.228. The van der Waals surface area contributed by atoms with E-state index in [9.17, 15) is 9.59 Å². The molecular formula is C12H13N5O2. The largest absolute Gasteiger partial charge is 0.348 e. The normalized spacial score (nSPS) is 10.2. The van der Waals surface area contributed by atoms with Crippen molar-refractivity contribution in [2.24, 2.45) is 0 Å². The van der Waals surface area contributed by atoms with Crippen LogP contribution in [0.1, 0.15) is 16.2 Å². The maximum absolute atomic E-state index is 11.7. The van der Waals surface area contributed by atoms with Crippen molar-refractivity contribution in [1.82, 2.24) is 24.8 Å². The van der Waals surface area contributed by atoms with E-state index < -0.39 is 0 Å². The molecule has 0 fully saturated rings. The van der Waals surface area contributed by atoms with E-state index in [1.165, 1.54) is 29.5 Å². The molecule has 0 aliphatic rings. The summed E-state index contributed by atoms with van der Waals surface area (Å²) in [5.74, 6) is -0.258. The third-order valence-corrected chi connectivity index (χ3v) is 2.48. The Labute approximate surface area is 109 Å². The highest BCUT2D eigenvalue weighted by Gasteiger charge is 2.07. The van der Waals surface area contributed by atoms with E-state index in [-0.39, 0.29) is 17.3 Å². The van der Waals surface area contributed by atoms with Crippen LogP contribution < -0.4 is 10.9 Å². The molecular weight excluding hydrogens is 246 g/mol. The lowest BCUT2D eigenvalue weighted by Gasteiger charge is -2.06. The van der Waals surface area contributed by atoms with Crippen LogP contribution in [-0.2, 0) is 6.54 Å². The van der Waals surface area contributed by atoms with Gasteiger partial charge in [0.15, 0.2) is 0 Å². The van der Waals surface area contributed by atoms with Crippen molar-refractivity contribution >= 4 is 5.91 Å². The molecule has 0 unspecified atom stereocenters. The third kappa shape index (κ3) is 3.21. The smallest absolute Gasteiger partial charge is 0.289 e. The first-order valence-electron chi connectivity index (χ1n) is 5.75. The summed E-state index contributed by atoms with van der Waals surface area (Å²) in [6.07, 6.45) is 5.95. The Morgan fingerprint density at radius 1 is 1.37 bits per heavy atom. The van der Waals surface area contributed by atoms with Gasteiger partial charge >= 0.3 is 0 Å². The first-order valence-corrected chi connectivity index (χ1v) is 5.75. The van der Waals surface area contributed by atoms with Crippen LogP contribution in [0.2, 0.25) is 0 Å². The lowest BCUT2D eigenvalue weighted by atomic mass is 10.4. The second kappa shape index (κ2) is 5.85.